The number of aromatic nitrogens is 3. The maximum Gasteiger partial charge on any atom is 0.374 e. The van der Waals surface area contributed by atoms with Gasteiger partial charge in [-0.15, -0.1) is 0 Å². The standard InChI is InChI=1S/C28H21N3O7.ClH/c1-2-28(38-23(32)14-30-9-5-7-17(12-30)26(34)35)20-11-22-24-18(10-16-6-3-4-8-21(16)29-24)13-31(22)25(33)19(20)15-37-27(28)36;/h3-12H,2,13-15H2,1H3;1H/t28-;/m0./s1. The van der Waals surface area contributed by atoms with Gasteiger partial charge in [0.2, 0.25) is 12.1 Å². The van der Waals surface area contributed by atoms with Gasteiger partial charge in [0.05, 0.1) is 29.0 Å². The molecule has 198 valence electrons. The van der Waals surface area contributed by atoms with E-state index < -0.39 is 23.5 Å². The largest absolute Gasteiger partial charge is 1.00 e. The van der Waals surface area contributed by atoms with Crippen molar-refractivity contribution in [1.82, 2.24) is 9.55 Å². The van der Waals surface area contributed by atoms with Gasteiger partial charge in [-0.25, -0.2) is 19.4 Å². The summed E-state index contributed by atoms with van der Waals surface area (Å²) in [7, 11) is 0. The third kappa shape index (κ3) is 4.13. The summed E-state index contributed by atoms with van der Waals surface area (Å²) in [5.74, 6) is -2.69. The Hall–Kier alpha value is -4.57. The third-order valence-corrected chi connectivity index (χ3v) is 7.09. The van der Waals surface area contributed by atoms with Gasteiger partial charge in [0.25, 0.3) is 5.56 Å². The molecule has 2 aliphatic rings. The van der Waals surface area contributed by atoms with Gasteiger partial charge in [0.15, 0.2) is 12.4 Å². The van der Waals surface area contributed by atoms with E-state index in [0.29, 0.717) is 17.9 Å². The van der Waals surface area contributed by atoms with Gasteiger partial charge in [0.1, 0.15) is 12.2 Å². The number of aromatic carboxylic acids is 1. The van der Waals surface area contributed by atoms with Crippen LogP contribution < -0.4 is 22.5 Å². The highest BCUT2D eigenvalue weighted by Crippen LogP contribution is 2.40. The number of hydrogen-bond acceptors (Lipinski definition) is 7. The molecule has 1 aromatic carbocycles. The summed E-state index contributed by atoms with van der Waals surface area (Å²) in [6.45, 7) is 1.43. The fraction of sp³-hybridized carbons (Fsp3) is 0.214. The molecule has 11 heteroatoms. The first-order valence-corrected chi connectivity index (χ1v) is 12.1. The van der Waals surface area contributed by atoms with Crippen molar-refractivity contribution in [2.45, 2.75) is 38.6 Å². The lowest BCUT2D eigenvalue weighted by molar-refractivity contribution is -0.686. The maximum atomic E-state index is 13.6. The first kappa shape index (κ1) is 26.1. The topological polar surface area (TPSA) is 129 Å². The maximum absolute atomic E-state index is 13.6. The van der Waals surface area contributed by atoms with Crippen molar-refractivity contribution in [1.29, 1.82) is 0 Å². The summed E-state index contributed by atoms with van der Waals surface area (Å²) < 4.78 is 14.1. The van der Waals surface area contributed by atoms with Crippen LogP contribution in [-0.4, -0.2) is 32.6 Å². The van der Waals surface area contributed by atoms with Crippen molar-refractivity contribution < 1.29 is 45.9 Å². The molecule has 5 heterocycles. The number of carboxylic acid groups (broad SMARTS) is 1. The van der Waals surface area contributed by atoms with Crippen LogP contribution in [0.2, 0.25) is 0 Å². The number of para-hydroxylation sites is 1. The molecule has 1 atom stereocenters. The number of fused-ring (bicyclic) bond motifs is 5. The Morgan fingerprint density at radius 2 is 1.97 bits per heavy atom. The quantitative estimate of drug-likeness (QED) is 0.226. The predicted molar refractivity (Wildman–Crippen MR) is 132 cm³/mol. The van der Waals surface area contributed by atoms with Gasteiger partial charge in [-0.3, -0.25) is 4.79 Å². The molecule has 6 rings (SSSR count). The van der Waals surface area contributed by atoms with Gasteiger partial charge in [0, 0.05) is 22.6 Å². The molecule has 1 N–H and O–H groups in total. The van der Waals surface area contributed by atoms with Crippen LogP contribution in [0.1, 0.15) is 40.4 Å². The average Bonchev–Trinajstić information content (AvgIpc) is 3.27. The molecule has 0 aliphatic carbocycles. The summed E-state index contributed by atoms with van der Waals surface area (Å²) in [6.07, 6.45) is 2.85. The second-order valence-corrected chi connectivity index (χ2v) is 9.30. The zero-order valence-corrected chi connectivity index (χ0v) is 21.5. The van der Waals surface area contributed by atoms with Crippen LogP contribution in [0.5, 0.6) is 0 Å². The van der Waals surface area contributed by atoms with E-state index in [9.17, 15) is 24.3 Å². The number of nitrogens with zero attached hydrogens (tertiary/aromatic N) is 3. The predicted octanol–water partition coefficient (Wildman–Crippen LogP) is -0.680. The molecule has 39 heavy (non-hydrogen) atoms. The molecule has 0 radical (unpaired) electrons. The van der Waals surface area contributed by atoms with Gasteiger partial charge < -0.3 is 31.6 Å². The van der Waals surface area contributed by atoms with Crippen LogP contribution in [0.4, 0.5) is 0 Å². The lowest BCUT2D eigenvalue weighted by Crippen LogP contribution is -3.00. The Kier molecular flexibility index (Phi) is 6.43. The van der Waals surface area contributed by atoms with E-state index in [4.69, 9.17) is 14.5 Å². The van der Waals surface area contributed by atoms with E-state index in [1.165, 1.54) is 29.1 Å². The third-order valence-electron chi connectivity index (χ3n) is 7.09. The van der Waals surface area contributed by atoms with Crippen molar-refractivity contribution >= 4 is 28.8 Å². The van der Waals surface area contributed by atoms with Crippen molar-refractivity contribution in [3.8, 4) is 11.4 Å². The summed E-state index contributed by atoms with van der Waals surface area (Å²) in [4.78, 5) is 55.9. The van der Waals surface area contributed by atoms with E-state index in [-0.39, 0.29) is 54.2 Å². The molecule has 10 nitrogen and oxygen atoms in total. The summed E-state index contributed by atoms with van der Waals surface area (Å²) in [5, 5.41) is 10.2. The second kappa shape index (κ2) is 9.63. The minimum atomic E-state index is -1.83. The number of hydrogen-bond donors (Lipinski definition) is 1. The molecule has 2 aliphatic heterocycles. The number of pyridine rings is 3. The van der Waals surface area contributed by atoms with Crippen LogP contribution in [0.3, 0.4) is 0 Å². The molecule has 0 bridgehead atoms. The number of carboxylic acids is 1. The number of carbonyl (C=O) groups excluding carboxylic acids is 2. The Morgan fingerprint density at radius 1 is 1.18 bits per heavy atom. The Morgan fingerprint density at radius 3 is 2.74 bits per heavy atom. The molecule has 4 aromatic rings. The van der Waals surface area contributed by atoms with Gasteiger partial charge >= 0.3 is 17.9 Å². The first-order chi connectivity index (χ1) is 18.3. The van der Waals surface area contributed by atoms with Crippen molar-refractivity contribution in [2.24, 2.45) is 0 Å². The fourth-order valence-corrected chi connectivity index (χ4v) is 5.20. The highest BCUT2D eigenvalue weighted by atomic mass is 35.5. The number of cyclic esters (lactones) is 1. The van der Waals surface area contributed by atoms with E-state index in [1.807, 2.05) is 30.3 Å². The Balaban J connectivity index is 0.00000308. The summed E-state index contributed by atoms with van der Waals surface area (Å²) in [5.41, 5.74) is 1.21. The Bertz CT molecular complexity index is 1750. The number of carbonyl (C=O) groups is 3. The van der Waals surface area contributed by atoms with Gasteiger partial charge in [-0.2, -0.15) is 4.57 Å². The zero-order valence-electron chi connectivity index (χ0n) is 20.7. The normalized spacial score (nSPS) is 16.9. The van der Waals surface area contributed by atoms with Crippen LogP contribution >= 0.6 is 0 Å². The average molecular weight is 548 g/mol. The minimum absolute atomic E-state index is 0. The Labute approximate surface area is 227 Å². The molecule has 0 saturated carbocycles. The first-order valence-electron chi connectivity index (χ1n) is 12.1. The van der Waals surface area contributed by atoms with E-state index in [1.54, 1.807) is 17.6 Å². The fourth-order valence-electron chi connectivity index (χ4n) is 5.20. The smallest absolute Gasteiger partial charge is 0.374 e. The van der Waals surface area contributed by atoms with E-state index in [0.717, 1.165) is 16.5 Å². The van der Waals surface area contributed by atoms with Crippen LogP contribution in [0.15, 0.2) is 65.7 Å². The molecular weight excluding hydrogens is 526 g/mol. The molecule has 0 unspecified atom stereocenters. The van der Waals surface area contributed by atoms with Crippen LogP contribution in [-0.2, 0) is 44.4 Å². The number of ether oxygens (including phenoxy) is 2. The van der Waals surface area contributed by atoms with Crippen molar-refractivity contribution in [3.05, 3.63) is 93.5 Å². The van der Waals surface area contributed by atoms with E-state index >= 15 is 0 Å². The second-order valence-electron chi connectivity index (χ2n) is 9.30. The highest BCUT2D eigenvalue weighted by Gasteiger charge is 2.50. The van der Waals surface area contributed by atoms with Crippen molar-refractivity contribution in [3.63, 3.8) is 0 Å². The molecule has 0 spiro atoms. The van der Waals surface area contributed by atoms with Crippen LogP contribution in [0, 0.1) is 0 Å². The molecule has 3 aromatic heterocycles. The van der Waals surface area contributed by atoms with Crippen molar-refractivity contribution in [2.75, 3.05) is 0 Å². The number of halogens is 1. The molecule has 0 fully saturated rings. The molecular formula is C28H22ClN3O7. The minimum Gasteiger partial charge on any atom is -1.00 e. The zero-order chi connectivity index (χ0) is 26.6. The lowest BCUT2D eigenvalue weighted by atomic mass is 9.85. The number of benzene rings is 1. The highest BCUT2D eigenvalue weighted by molar-refractivity contribution is 5.88. The van der Waals surface area contributed by atoms with E-state index in [2.05, 4.69) is 0 Å². The molecule has 0 amide bonds. The SMILES string of the molecule is CC[C@@]1(OC(=O)C[n+]2cccc(C(=O)O)c2)C(=O)OCc2c1cc1n(c2=O)Cc2cc3ccccc3nc2-1.[Cl-]. The lowest BCUT2D eigenvalue weighted by Gasteiger charge is -2.35. The van der Waals surface area contributed by atoms with Gasteiger partial charge in [-0.05, 0) is 30.7 Å². The van der Waals surface area contributed by atoms with Gasteiger partial charge in [-0.1, -0.05) is 25.1 Å². The summed E-state index contributed by atoms with van der Waals surface area (Å²) >= 11 is 0. The number of esters is 2. The van der Waals surface area contributed by atoms with Crippen LogP contribution in [0.25, 0.3) is 22.3 Å². The summed E-state index contributed by atoms with van der Waals surface area (Å²) in [6, 6.07) is 14.3. The monoisotopic (exact) mass is 547 g/mol. The number of rotatable bonds is 5. The molecule has 0 saturated heterocycles.